The molecule has 3 aromatic rings. The lowest BCUT2D eigenvalue weighted by Crippen LogP contribution is -2.16. The fourth-order valence-electron chi connectivity index (χ4n) is 2.36. The molecule has 0 spiro atoms. The molecule has 0 aliphatic rings. The first-order valence-corrected chi connectivity index (χ1v) is 11.9. The van der Waals surface area contributed by atoms with E-state index < -0.39 is 20.0 Å². The van der Waals surface area contributed by atoms with E-state index in [2.05, 4.69) is 30.4 Å². The first kappa shape index (κ1) is 20.3. The summed E-state index contributed by atoms with van der Waals surface area (Å²) in [4.78, 5) is 3.86. The van der Waals surface area contributed by atoms with Gasteiger partial charge in [0.1, 0.15) is 0 Å². The van der Waals surface area contributed by atoms with Crippen molar-refractivity contribution in [2.75, 3.05) is 9.44 Å². The van der Waals surface area contributed by atoms with E-state index in [0.29, 0.717) is 11.3 Å². The van der Waals surface area contributed by atoms with E-state index in [0.717, 1.165) is 4.47 Å². The van der Waals surface area contributed by atoms with Crippen molar-refractivity contribution in [3.63, 3.8) is 0 Å². The topological polar surface area (TPSA) is 105 Å². The minimum absolute atomic E-state index is 0.00668. The van der Waals surface area contributed by atoms with Crippen molar-refractivity contribution in [2.45, 2.75) is 10.6 Å². The van der Waals surface area contributed by atoms with Crippen molar-refractivity contribution < 1.29 is 16.8 Å². The van der Waals surface area contributed by atoms with E-state index in [9.17, 15) is 16.8 Å². The van der Waals surface area contributed by atoms with Crippen LogP contribution in [-0.4, -0.2) is 21.8 Å². The Bertz CT molecular complexity index is 1150. The van der Waals surface area contributed by atoms with Crippen molar-refractivity contribution >= 4 is 47.4 Å². The second-order valence-electron chi connectivity index (χ2n) is 5.86. The molecule has 0 bridgehead atoms. The smallest absolute Gasteiger partial charge is 0.261 e. The highest BCUT2D eigenvalue weighted by atomic mass is 79.9. The second-order valence-corrected chi connectivity index (χ2v) is 10.2. The quantitative estimate of drug-likeness (QED) is 0.536. The van der Waals surface area contributed by atoms with Gasteiger partial charge < -0.3 is 0 Å². The van der Waals surface area contributed by atoms with Gasteiger partial charge in [0.2, 0.25) is 10.0 Å². The molecule has 0 aliphatic carbocycles. The molecule has 146 valence electrons. The van der Waals surface area contributed by atoms with Crippen LogP contribution in [0, 0.1) is 0 Å². The van der Waals surface area contributed by atoms with Gasteiger partial charge in [-0.2, -0.15) is 0 Å². The fraction of sp³-hybridized carbons (Fsp3) is 0.0556. The molecule has 0 fully saturated rings. The SMILES string of the molecule is O=S(=O)(Cc1ccc(Br)cc1)Nc1ccc(S(=O)(=O)Nc2cccnc2)cc1. The first-order valence-electron chi connectivity index (χ1n) is 8.01. The van der Waals surface area contributed by atoms with Crippen molar-refractivity contribution in [3.05, 3.63) is 83.1 Å². The van der Waals surface area contributed by atoms with Gasteiger partial charge in [0.15, 0.2) is 0 Å². The molecule has 2 N–H and O–H groups in total. The Labute approximate surface area is 172 Å². The standard InChI is InChI=1S/C18H16BrN3O4S2/c19-15-5-3-14(4-6-15)13-27(23,24)21-16-7-9-18(10-8-16)28(25,26)22-17-2-1-11-20-12-17/h1-12,21-22H,13H2. The molecule has 10 heteroatoms. The van der Waals surface area contributed by atoms with E-state index in [-0.39, 0.29) is 16.3 Å². The van der Waals surface area contributed by atoms with Gasteiger partial charge in [0.05, 0.1) is 22.5 Å². The molecule has 1 heterocycles. The lowest BCUT2D eigenvalue weighted by Gasteiger charge is -2.10. The molecule has 7 nitrogen and oxygen atoms in total. The van der Waals surface area contributed by atoms with Crippen LogP contribution in [-0.2, 0) is 25.8 Å². The van der Waals surface area contributed by atoms with Crippen LogP contribution in [0.25, 0.3) is 0 Å². The monoisotopic (exact) mass is 481 g/mol. The number of hydrogen-bond donors (Lipinski definition) is 2. The summed E-state index contributed by atoms with van der Waals surface area (Å²) in [7, 11) is -7.43. The first-order chi connectivity index (χ1) is 13.2. The molecule has 0 radical (unpaired) electrons. The van der Waals surface area contributed by atoms with Crippen molar-refractivity contribution in [1.29, 1.82) is 0 Å². The maximum atomic E-state index is 12.4. The number of benzene rings is 2. The zero-order valence-corrected chi connectivity index (χ0v) is 17.6. The minimum atomic E-state index is -3.80. The van der Waals surface area contributed by atoms with Gasteiger partial charge in [-0.1, -0.05) is 28.1 Å². The summed E-state index contributed by atoms with van der Waals surface area (Å²) in [6.07, 6.45) is 2.93. The number of rotatable bonds is 7. The van der Waals surface area contributed by atoms with Gasteiger partial charge >= 0.3 is 0 Å². The predicted molar refractivity (Wildman–Crippen MR) is 112 cm³/mol. The van der Waals surface area contributed by atoms with Crippen molar-refractivity contribution in [1.82, 2.24) is 4.98 Å². The Kier molecular flexibility index (Phi) is 6.01. The summed E-state index contributed by atoms with van der Waals surface area (Å²) in [6, 6.07) is 15.6. The van der Waals surface area contributed by atoms with Gasteiger partial charge in [-0.05, 0) is 54.1 Å². The number of anilines is 2. The Balaban J connectivity index is 1.70. The highest BCUT2D eigenvalue weighted by molar-refractivity contribution is 9.10. The maximum absolute atomic E-state index is 12.4. The Morgan fingerprint density at radius 1 is 0.821 bits per heavy atom. The molecule has 0 amide bonds. The number of nitrogens with one attached hydrogen (secondary N) is 2. The van der Waals surface area contributed by atoms with E-state index >= 15 is 0 Å². The molecule has 2 aromatic carbocycles. The summed E-state index contributed by atoms with van der Waals surface area (Å²) < 4.78 is 55.1. The van der Waals surface area contributed by atoms with E-state index in [1.807, 2.05) is 0 Å². The van der Waals surface area contributed by atoms with Crippen molar-refractivity contribution in [2.24, 2.45) is 0 Å². The molecule has 0 saturated carbocycles. The summed E-state index contributed by atoms with van der Waals surface area (Å²) in [6.45, 7) is 0. The summed E-state index contributed by atoms with van der Waals surface area (Å²) in [5.41, 5.74) is 1.25. The Morgan fingerprint density at radius 3 is 2.11 bits per heavy atom. The van der Waals surface area contributed by atoms with Crippen LogP contribution in [0.3, 0.4) is 0 Å². The van der Waals surface area contributed by atoms with Gasteiger partial charge in [-0.3, -0.25) is 14.4 Å². The van der Waals surface area contributed by atoms with Crippen LogP contribution in [0.15, 0.2) is 82.4 Å². The van der Waals surface area contributed by atoms with Gasteiger partial charge in [0.25, 0.3) is 10.0 Å². The van der Waals surface area contributed by atoms with E-state index in [1.54, 1.807) is 36.4 Å². The van der Waals surface area contributed by atoms with Crippen molar-refractivity contribution in [3.8, 4) is 0 Å². The van der Waals surface area contributed by atoms with Crippen LogP contribution in [0.4, 0.5) is 11.4 Å². The van der Waals surface area contributed by atoms with Gasteiger partial charge in [0, 0.05) is 16.4 Å². The third-order valence-corrected chi connectivity index (χ3v) is 6.81. The third-order valence-electron chi connectivity index (χ3n) is 3.62. The molecule has 1 aromatic heterocycles. The highest BCUT2D eigenvalue weighted by Crippen LogP contribution is 2.19. The Hall–Kier alpha value is -2.43. The number of nitrogens with zero attached hydrogens (tertiary/aromatic N) is 1. The zero-order valence-electron chi connectivity index (χ0n) is 14.4. The largest absolute Gasteiger partial charge is 0.283 e. The molecule has 0 aliphatic heterocycles. The molecule has 0 unspecified atom stereocenters. The molecular formula is C18H16BrN3O4S2. The van der Waals surface area contributed by atoms with Crippen LogP contribution >= 0.6 is 15.9 Å². The van der Waals surface area contributed by atoms with Crippen LogP contribution in [0.5, 0.6) is 0 Å². The minimum Gasteiger partial charge on any atom is -0.283 e. The fourth-order valence-corrected chi connectivity index (χ4v) is 4.86. The molecular weight excluding hydrogens is 466 g/mol. The second kappa shape index (κ2) is 8.29. The average Bonchev–Trinajstić information content (AvgIpc) is 2.64. The maximum Gasteiger partial charge on any atom is 0.261 e. The lowest BCUT2D eigenvalue weighted by molar-refractivity contribution is 0.599. The van der Waals surface area contributed by atoms with Gasteiger partial charge in [-0.15, -0.1) is 0 Å². The third kappa shape index (κ3) is 5.54. The number of sulfonamides is 2. The lowest BCUT2D eigenvalue weighted by atomic mass is 10.2. The molecule has 0 saturated heterocycles. The molecule has 28 heavy (non-hydrogen) atoms. The van der Waals surface area contributed by atoms with Crippen LogP contribution < -0.4 is 9.44 Å². The summed E-state index contributed by atoms with van der Waals surface area (Å²) >= 11 is 3.30. The van der Waals surface area contributed by atoms with Crippen LogP contribution in [0.2, 0.25) is 0 Å². The van der Waals surface area contributed by atoms with E-state index in [4.69, 9.17) is 0 Å². The average molecular weight is 482 g/mol. The Morgan fingerprint density at radius 2 is 1.50 bits per heavy atom. The molecule has 3 rings (SSSR count). The molecule has 0 atom stereocenters. The number of pyridine rings is 1. The summed E-state index contributed by atoms with van der Waals surface area (Å²) in [5.74, 6) is -0.192. The number of aromatic nitrogens is 1. The number of halogens is 1. The van der Waals surface area contributed by atoms with Gasteiger partial charge in [-0.25, -0.2) is 16.8 Å². The summed E-state index contributed by atoms with van der Waals surface area (Å²) in [5, 5.41) is 0. The van der Waals surface area contributed by atoms with Crippen LogP contribution in [0.1, 0.15) is 5.56 Å². The highest BCUT2D eigenvalue weighted by Gasteiger charge is 2.16. The predicted octanol–water partition coefficient (Wildman–Crippen LogP) is 3.59. The van der Waals surface area contributed by atoms with E-state index in [1.165, 1.54) is 36.7 Å². The zero-order chi connectivity index (χ0) is 20.2. The number of hydrogen-bond acceptors (Lipinski definition) is 5. The normalized spacial score (nSPS) is 11.8.